The Kier molecular flexibility index (Phi) is 4.39. The van der Waals surface area contributed by atoms with Crippen molar-refractivity contribution in [1.82, 2.24) is 9.55 Å². The van der Waals surface area contributed by atoms with Crippen molar-refractivity contribution in [3.05, 3.63) is 53.1 Å². The van der Waals surface area contributed by atoms with E-state index in [1.54, 1.807) is 12.5 Å². The molecule has 0 spiro atoms. The second-order valence-corrected chi connectivity index (χ2v) is 4.79. The van der Waals surface area contributed by atoms with Crippen molar-refractivity contribution in [3.8, 4) is 0 Å². The molecule has 1 N–H and O–H groups in total. The SMILES string of the molecule is CCCn1cncc1C(O)Cc1ccc(Cl)cc1. The van der Waals surface area contributed by atoms with Crippen LogP contribution in [0.25, 0.3) is 0 Å². The second-order valence-electron chi connectivity index (χ2n) is 4.36. The number of imidazole rings is 1. The Balaban J connectivity index is 2.09. The summed E-state index contributed by atoms with van der Waals surface area (Å²) in [5.41, 5.74) is 1.93. The van der Waals surface area contributed by atoms with Crippen LogP contribution in [0.5, 0.6) is 0 Å². The quantitative estimate of drug-likeness (QED) is 0.900. The third-order valence-corrected chi connectivity index (χ3v) is 3.14. The molecule has 3 nitrogen and oxygen atoms in total. The molecule has 1 unspecified atom stereocenters. The molecule has 1 heterocycles. The average Bonchev–Trinajstić information content (AvgIpc) is 2.81. The first-order valence-electron chi connectivity index (χ1n) is 6.13. The van der Waals surface area contributed by atoms with Crippen LogP contribution in [0.4, 0.5) is 0 Å². The molecule has 1 aromatic carbocycles. The molecule has 0 aliphatic carbocycles. The largest absolute Gasteiger partial charge is 0.386 e. The number of halogens is 1. The fourth-order valence-electron chi connectivity index (χ4n) is 1.98. The summed E-state index contributed by atoms with van der Waals surface area (Å²) in [6, 6.07) is 7.55. The topological polar surface area (TPSA) is 38.0 Å². The molecule has 0 radical (unpaired) electrons. The van der Waals surface area contributed by atoms with Crippen molar-refractivity contribution in [2.75, 3.05) is 0 Å². The van der Waals surface area contributed by atoms with Crippen molar-refractivity contribution in [1.29, 1.82) is 0 Å². The van der Waals surface area contributed by atoms with Crippen LogP contribution in [0.15, 0.2) is 36.8 Å². The van der Waals surface area contributed by atoms with Gasteiger partial charge in [-0.25, -0.2) is 4.98 Å². The minimum absolute atomic E-state index is 0.528. The van der Waals surface area contributed by atoms with E-state index in [9.17, 15) is 5.11 Å². The van der Waals surface area contributed by atoms with E-state index in [4.69, 9.17) is 11.6 Å². The van der Waals surface area contributed by atoms with Crippen LogP contribution in [0.2, 0.25) is 5.02 Å². The number of nitrogens with zero attached hydrogens (tertiary/aromatic N) is 2. The number of hydrogen-bond acceptors (Lipinski definition) is 2. The molecule has 0 amide bonds. The first-order valence-corrected chi connectivity index (χ1v) is 6.51. The zero-order chi connectivity index (χ0) is 13.0. The number of aliphatic hydroxyl groups is 1. The van der Waals surface area contributed by atoms with E-state index < -0.39 is 6.10 Å². The average molecular weight is 265 g/mol. The van der Waals surface area contributed by atoms with Crippen molar-refractivity contribution in [2.45, 2.75) is 32.4 Å². The molecule has 2 rings (SSSR count). The highest BCUT2D eigenvalue weighted by Gasteiger charge is 2.13. The van der Waals surface area contributed by atoms with Gasteiger partial charge in [-0.05, 0) is 24.1 Å². The summed E-state index contributed by atoms with van der Waals surface area (Å²) in [4.78, 5) is 4.10. The fourth-order valence-corrected chi connectivity index (χ4v) is 2.11. The Bertz CT molecular complexity index is 493. The predicted octanol–water partition coefficient (Wildman–Crippen LogP) is 3.22. The molecule has 0 saturated heterocycles. The minimum atomic E-state index is -0.528. The summed E-state index contributed by atoms with van der Waals surface area (Å²) in [5.74, 6) is 0. The normalized spacial score (nSPS) is 12.6. The number of hydrogen-bond donors (Lipinski definition) is 1. The molecular formula is C14H17ClN2O. The Hall–Kier alpha value is -1.32. The highest BCUT2D eigenvalue weighted by atomic mass is 35.5. The van der Waals surface area contributed by atoms with Crippen LogP contribution < -0.4 is 0 Å². The van der Waals surface area contributed by atoms with Gasteiger partial charge in [0.05, 0.1) is 24.3 Å². The Morgan fingerprint density at radius 2 is 2.06 bits per heavy atom. The van der Waals surface area contributed by atoms with Crippen molar-refractivity contribution in [3.63, 3.8) is 0 Å². The lowest BCUT2D eigenvalue weighted by atomic mass is 10.1. The maximum atomic E-state index is 10.2. The first kappa shape index (κ1) is 13.1. The van der Waals surface area contributed by atoms with Crippen LogP contribution in [-0.2, 0) is 13.0 Å². The van der Waals surface area contributed by atoms with E-state index in [0.29, 0.717) is 11.4 Å². The lowest BCUT2D eigenvalue weighted by molar-refractivity contribution is 0.168. The van der Waals surface area contributed by atoms with Gasteiger partial charge in [-0.15, -0.1) is 0 Å². The number of aliphatic hydroxyl groups excluding tert-OH is 1. The van der Waals surface area contributed by atoms with Crippen molar-refractivity contribution >= 4 is 11.6 Å². The maximum absolute atomic E-state index is 10.2. The van der Waals surface area contributed by atoms with Crippen molar-refractivity contribution in [2.24, 2.45) is 0 Å². The molecule has 0 saturated carbocycles. The second kappa shape index (κ2) is 6.03. The number of aromatic nitrogens is 2. The first-order chi connectivity index (χ1) is 8.70. The molecule has 0 fully saturated rings. The zero-order valence-corrected chi connectivity index (χ0v) is 11.1. The minimum Gasteiger partial charge on any atom is -0.386 e. The molecule has 0 aliphatic rings. The lowest BCUT2D eigenvalue weighted by Crippen LogP contribution is -2.09. The molecule has 0 aliphatic heterocycles. The van der Waals surface area contributed by atoms with Crippen LogP contribution in [0, 0.1) is 0 Å². The van der Waals surface area contributed by atoms with Gasteiger partial charge < -0.3 is 9.67 Å². The summed E-state index contributed by atoms with van der Waals surface area (Å²) < 4.78 is 2.00. The predicted molar refractivity (Wildman–Crippen MR) is 72.6 cm³/mol. The zero-order valence-electron chi connectivity index (χ0n) is 10.4. The number of benzene rings is 1. The van der Waals surface area contributed by atoms with Gasteiger partial charge in [0.15, 0.2) is 0 Å². The molecule has 1 aromatic heterocycles. The van der Waals surface area contributed by atoms with E-state index in [1.807, 2.05) is 28.8 Å². The number of aryl methyl sites for hydroxylation is 1. The Labute approximate surface area is 112 Å². The molecule has 4 heteroatoms. The van der Waals surface area contributed by atoms with Gasteiger partial charge in [0.2, 0.25) is 0 Å². The van der Waals surface area contributed by atoms with E-state index >= 15 is 0 Å². The van der Waals surface area contributed by atoms with Crippen LogP contribution in [0.3, 0.4) is 0 Å². The molecular weight excluding hydrogens is 248 g/mol. The lowest BCUT2D eigenvalue weighted by Gasteiger charge is -2.13. The van der Waals surface area contributed by atoms with E-state index in [-0.39, 0.29) is 0 Å². The molecule has 18 heavy (non-hydrogen) atoms. The summed E-state index contributed by atoms with van der Waals surface area (Å²) in [5, 5.41) is 11.0. The Morgan fingerprint density at radius 1 is 1.33 bits per heavy atom. The van der Waals surface area contributed by atoms with Gasteiger partial charge in [0.25, 0.3) is 0 Å². The highest BCUT2D eigenvalue weighted by molar-refractivity contribution is 6.30. The number of rotatable bonds is 5. The molecule has 0 bridgehead atoms. The van der Waals surface area contributed by atoms with E-state index in [2.05, 4.69) is 11.9 Å². The third kappa shape index (κ3) is 3.12. The van der Waals surface area contributed by atoms with Gasteiger partial charge in [-0.1, -0.05) is 30.7 Å². The summed E-state index contributed by atoms with van der Waals surface area (Å²) in [6.45, 7) is 2.99. The van der Waals surface area contributed by atoms with E-state index in [1.165, 1.54) is 0 Å². The van der Waals surface area contributed by atoms with Crippen LogP contribution in [-0.4, -0.2) is 14.7 Å². The highest BCUT2D eigenvalue weighted by Crippen LogP contribution is 2.19. The maximum Gasteiger partial charge on any atom is 0.0995 e. The smallest absolute Gasteiger partial charge is 0.0995 e. The summed E-state index contributed by atoms with van der Waals surface area (Å²) >= 11 is 5.84. The fraction of sp³-hybridized carbons (Fsp3) is 0.357. The molecule has 96 valence electrons. The standard InChI is InChI=1S/C14H17ClN2O/c1-2-7-17-10-16-9-13(17)14(18)8-11-3-5-12(15)6-4-11/h3-6,9-10,14,18H,2,7-8H2,1H3. The van der Waals surface area contributed by atoms with Gasteiger partial charge >= 0.3 is 0 Å². The Morgan fingerprint density at radius 3 is 2.72 bits per heavy atom. The van der Waals surface area contributed by atoms with Crippen molar-refractivity contribution < 1.29 is 5.11 Å². The molecule has 1 atom stereocenters. The van der Waals surface area contributed by atoms with E-state index in [0.717, 1.165) is 24.2 Å². The van der Waals surface area contributed by atoms with Gasteiger partial charge in [-0.2, -0.15) is 0 Å². The van der Waals surface area contributed by atoms with Crippen LogP contribution in [0.1, 0.15) is 30.7 Å². The van der Waals surface area contributed by atoms with Gasteiger partial charge in [0.1, 0.15) is 0 Å². The summed E-state index contributed by atoms with van der Waals surface area (Å²) in [7, 11) is 0. The monoisotopic (exact) mass is 264 g/mol. The van der Waals surface area contributed by atoms with Gasteiger partial charge in [0, 0.05) is 18.0 Å². The third-order valence-electron chi connectivity index (χ3n) is 2.89. The summed E-state index contributed by atoms with van der Waals surface area (Å²) in [6.07, 6.45) is 4.57. The van der Waals surface area contributed by atoms with Crippen LogP contribution >= 0.6 is 11.6 Å². The van der Waals surface area contributed by atoms with Gasteiger partial charge in [-0.3, -0.25) is 0 Å². The molecule has 2 aromatic rings.